The van der Waals surface area contributed by atoms with Crippen LogP contribution in [0.25, 0.3) is 40.0 Å². The third-order valence-electron chi connectivity index (χ3n) is 5.23. The van der Waals surface area contributed by atoms with E-state index in [2.05, 4.69) is 10.3 Å². The molecule has 5 rings (SSSR count). The van der Waals surface area contributed by atoms with Crippen LogP contribution in [-0.4, -0.2) is 10.9 Å². The molecule has 0 spiro atoms. The van der Waals surface area contributed by atoms with Crippen molar-refractivity contribution in [3.05, 3.63) is 100 Å². The number of nitrogens with one attached hydrogen (secondary N) is 1. The van der Waals surface area contributed by atoms with Crippen LogP contribution in [0.3, 0.4) is 0 Å². The highest BCUT2D eigenvalue weighted by Crippen LogP contribution is 2.28. The highest BCUT2D eigenvalue weighted by molar-refractivity contribution is 6.31. The van der Waals surface area contributed by atoms with Crippen molar-refractivity contribution < 1.29 is 13.6 Å². The molecule has 0 bridgehead atoms. The Balaban J connectivity index is 1.27. The van der Waals surface area contributed by atoms with E-state index in [0.29, 0.717) is 44.2 Å². The average Bonchev–Trinajstić information content (AvgIpc) is 3.47. The number of carbonyl (C=O) groups excluding carboxylic acids is 1. The lowest BCUT2D eigenvalue weighted by atomic mass is 10.1. The van der Waals surface area contributed by atoms with Crippen molar-refractivity contribution in [2.45, 2.75) is 6.92 Å². The molecule has 0 saturated heterocycles. The summed E-state index contributed by atoms with van der Waals surface area (Å²) >= 11 is 12.1. The first kappa shape index (κ1) is 22.0. The maximum atomic E-state index is 12.4. The molecule has 34 heavy (non-hydrogen) atoms. The molecule has 0 unspecified atom stereocenters. The van der Waals surface area contributed by atoms with Crippen molar-refractivity contribution in [2.24, 2.45) is 0 Å². The molecule has 0 aliphatic rings. The van der Waals surface area contributed by atoms with Gasteiger partial charge in [0.15, 0.2) is 5.58 Å². The van der Waals surface area contributed by atoms with Gasteiger partial charge >= 0.3 is 0 Å². The van der Waals surface area contributed by atoms with E-state index >= 15 is 0 Å². The second-order valence-electron chi connectivity index (χ2n) is 7.70. The van der Waals surface area contributed by atoms with Gasteiger partial charge in [0, 0.05) is 32.9 Å². The molecule has 0 aliphatic carbocycles. The summed E-state index contributed by atoms with van der Waals surface area (Å²) in [7, 11) is 0. The zero-order valence-electron chi connectivity index (χ0n) is 18.0. The van der Waals surface area contributed by atoms with E-state index in [1.807, 2.05) is 43.3 Å². The molecule has 5 nitrogen and oxygen atoms in total. The molecule has 2 aromatic heterocycles. The zero-order valence-corrected chi connectivity index (χ0v) is 19.5. The van der Waals surface area contributed by atoms with E-state index in [-0.39, 0.29) is 5.91 Å². The van der Waals surface area contributed by atoms with Crippen LogP contribution in [0, 0.1) is 6.92 Å². The monoisotopic (exact) mass is 488 g/mol. The van der Waals surface area contributed by atoms with E-state index in [1.165, 1.54) is 6.08 Å². The lowest BCUT2D eigenvalue weighted by Crippen LogP contribution is -2.07. The van der Waals surface area contributed by atoms with Crippen molar-refractivity contribution in [1.82, 2.24) is 4.98 Å². The highest BCUT2D eigenvalue weighted by Gasteiger charge is 2.10. The number of nitrogens with zero attached hydrogens (tertiary/aromatic N) is 1. The Labute approximate surface area is 205 Å². The van der Waals surface area contributed by atoms with Crippen molar-refractivity contribution in [2.75, 3.05) is 5.32 Å². The number of rotatable bonds is 5. The van der Waals surface area contributed by atoms with E-state index in [0.717, 1.165) is 16.7 Å². The van der Waals surface area contributed by atoms with Crippen molar-refractivity contribution in [1.29, 1.82) is 0 Å². The quantitative estimate of drug-likeness (QED) is 0.254. The van der Waals surface area contributed by atoms with Crippen molar-refractivity contribution in [3.8, 4) is 22.8 Å². The largest absolute Gasteiger partial charge is 0.457 e. The Morgan fingerprint density at radius 2 is 1.71 bits per heavy atom. The predicted molar refractivity (Wildman–Crippen MR) is 136 cm³/mol. The maximum absolute atomic E-state index is 12.4. The molecule has 1 amide bonds. The molecule has 0 fully saturated rings. The zero-order chi connectivity index (χ0) is 23.7. The van der Waals surface area contributed by atoms with Gasteiger partial charge in [0.2, 0.25) is 11.8 Å². The number of anilines is 1. The smallest absolute Gasteiger partial charge is 0.248 e. The Kier molecular flexibility index (Phi) is 5.97. The number of oxazole rings is 1. The summed E-state index contributed by atoms with van der Waals surface area (Å²) in [5.74, 6) is 1.42. The second-order valence-corrected chi connectivity index (χ2v) is 8.54. The molecular weight excluding hydrogens is 471 g/mol. The third kappa shape index (κ3) is 4.76. The minimum absolute atomic E-state index is 0.294. The summed E-state index contributed by atoms with van der Waals surface area (Å²) in [5, 5.41) is 4.15. The number of benzene rings is 3. The van der Waals surface area contributed by atoms with Gasteiger partial charge in [-0.25, -0.2) is 4.98 Å². The van der Waals surface area contributed by atoms with Crippen molar-refractivity contribution >= 4 is 52.0 Å². The lowest BCUT2D eigenvalue weighted by molar-refractivity contribution is -0.111. The number of fused-ring (bicyclic) bond motifs is 1. The van der Waals surface area contributed by atoms with Gasteiger partial charge < -0.3 is 14.2 Å². The summed E-state index contributed by atoms with van der Waals surface area (Å²) in [5.41, 5.74) is 4.56. The Morgan fingerprint density at radius 1 is 0.912 bits per heavy atom. The van der Waals surface area contributed by atoms with Crippen LogP contribution >= 0.6 is 23.2 Å². The van der Waals surface area contributed by atoms with Gasteiger partial charge in [-0.05, 0) is 79.2 Å². The summed E-state index contributed by atoms with van der Waals surface area (Å²) < 4.78 is 11.6. The first-order chi connectivity index (χ1) is 16.4. The molecule has 7 heteroatoms. The second kappa shape index (κ2) is 9.21. The number of halogens is 2. The summed E-state index contributed by atoms with van der Waals surface area (Å²) in [6.45, 7) is 1.94. The maximum Gasteiger partial charge on any atom is 0.248 e. The SMILES string of the molecule is Cc1ccc(-c2ccc(/C=C/C(=O)Nc3ccc4oc(-c5ccc(Cl)cc5)nc4c3)o2)cc1Cl. The molecule has 0 aliphatic heterocycles. The molecular formula is C27H18Cl2N2O3. The normalized spacial score (nSPS) is 11.4. The van der Waals surface area contributed by atoms with Gasteiger partial charge in [-0.1, -0.05) is 35.3 Å². The van der Waals surface area contributed by atoms with Crippen LogP contribution in [0.5, 0.6) is 0 Å². The molecule has 5 aromatic rings. The van der Waals surface area contributed by atoms with Gasteiger partial charge in [0.1, 0.15) is 17.0 Å². The number of aryl methyl sites for hydroxylation is 1. The van der Waals surface area contributed by atoms with E-state index in [9.17, 15) is 4.79 Å². The number of carbonyl (C=O) groups is 1. The summed E-state index contributed by atoms with van der Waals surface area (Å²) in [6.07, 6.45) is 3.03. The topological polar surface area (TPSA) is 68.3 Å². The van der Waals surface area contributed by atoms with Gasteiger partial charge in [0.25, 0.3) is 0 Å². The van der Waals surface area contributed by atoms with Gasteiger partial charge in [-0.3, -0.25) is 4.79 Å². The van der Waals surface area contributed by atoms with Gasteiger partial charge in [-0.2, -0.15) is 0 Å². The van der Waals surface area contributed by atoms with E-state index < -0.39 is 0 Å². The standard InChI is InChI=1S/C27H18Cl2N2O3/c1-16-2-3-18(14-22(16)29)24-12-9-21(33-24)10-13-26(32)30-20-8-11-25-23(15-20)31-27(34-25)17-4-6-19(28)7-5-17/h2-15H,1H3,(H,30,32)/b13-10+. The first-order valence-corrected chi connectivity index (χ1v) is 11.2. The van der Waals surface area contributed by atoms with E-state index in [4.69, 9.17) is 32.0 Å². The van der Waals surface area contributed by atoms with Crippen LogP contribution in [0.15, 0.2) is 87.7 Å². The third-order valence-corrected chi connectivity index (χ3v) is 5.89. The molecule has 3 aromatic carbocycles. The number of aromatic nitrogens is 1. The minimum atomic E-state index is -0.294. The van der Waals surface area contributed by atoms with Crippen LogP contribution in [-0.2, 0) is 4.79 Å². The number of amides is 1. The molecule has 168 valence electrons. The molecule has 0 radical (unpaired) electrons. The van der Waals surface area contributed by atoms with Crippen LogP contribution in [0.4, 0.5) is 5.69 Å². The van der Waals surface area contributed by atoms with Crippen molar-refractivity contribution in [3.63, 3.8) is 0 Å². The highest BCUT2D eigenvalue weighted by atomic mass is 35.5. The summed E-state index contributed by atoms with van der Waals surface area (Å²) in [6, 6.07) is 21.9. The Morgan fingerprint density at radius 3 is 2.50 bits per heavy atom. The number of hydrogen-bond donors (Lipinski definition) is 1. The fourth-order valence-electron chi connectivity index (χ4n) is 3.41. The lowest BCUT2D eigenvalue weighted by Gasteiger charge is -2.01. The fourth-order valence-corrected chi connectivity index (χ4v) is 3.71. The Hall–Kier alpha value is -3.80. The summed E-state index contributed by atoms with van der Waals surface area (Å²) in [4.78, 5) is 16.9. The minimum Gasteiger partial charge on any atom is -0.457 e. The molecule has 0 saturated carbocycles. The number of hydrogen-bond acceptors (Lipinski definition) is 4. The fraction of sp³-hybridized carbons (Fsp3) is 0.0370. The average molecular weight is 489 g/mol. The molecule has 0 atom stereocenters. The molecule has 1 N–H and O–H groups in total. The first-order valence-electron chi connectivity index (χ1n) is 10.5. The Bertz CT molecular complexity index is 1530. The van der Waals surface area contributed by atoms with Crippen LogP contribution in [0.2, 0.25) is 10.0 Å². The van der Waals surface area contributed by atoms with Gasteiger partial charge in [-0.15, -0.1) is 0 Å². The van der Waals surface area contributed by atoms with Crippen LogP contribution in [0.1, 0.15) is 11.3 Å². The number of furan rings is 1. The van der Waals surface area contributed by atoms with Gasteiger partial charge in [0.05, 0.1) is 0 Å². The molecule has 2 heterocycles. The van der Waals surface area contributed by atoms with Crippen LogP contribution < -0.4 is 5.32 Å². The van der Waals surface area contributed by atoms with E-state index in [1.54, 1.807) is 42.5 Å². The predicted octanol–water partition coefficient (Wildman–Crippen LogP) is 8.02.